The number of morpholine rings is 1. The largest absolute Gasteiger partial charge is 0.497 e. The predicted molar refractivity (Wildman–Crippen MR) is 143 cm³/mol. The van der Waals surface area contributed by atoms with Crippen LogP contribution in [0.15, 0.2) is 84.9 Å². The molecule has 1 unspecified atom stereocenters. The van der Waals surface area contributed by atoms with Gasteiger partial charge in [-0.1, -0.05) is 72.8 Å². The minimum absolute atomic E-state index is 0.112. The van der Waals surface area contributed by atoms with Gasteiger partial charge in [-0.25, -0.2) is 0 Å². The van der Waals surface area contributed by atoms with Gasteiger partial charge >= 0.3 is 0 Å². The first-order valence-electron chi connectivity index (χ1n) is 12.7. The van der Waals surface area contributed by atoms with Crippen molar-refractivity contribution >= 4 is 11.8 Å². The highest BCUT2D eigenvalue weighted by molar-refractivity contribution is 5.89. The average molecular weight is 502 g/mol. The molecule has 0 aliphatic carbocycles. The second-order valence-corrected chi connectivity index (χ2v) is 9.09. The zero-order valence-corrected chi connectivity index (χ0v) is 21.3. The van der Waals surface area contributed by atoms with Gasteiger partial charge in [-0.3, -0.25) is 14.5 Å². The molecule has 1 atom stereocenters. The molecule has 3 aromatic rings. The van der Waals surface area contributed by atoms with E-state index < -0.39 is 6.04 Å². The lowest BCUT2D eigenvalue weighted by molar-refractivity contribution is -0.141. The Balaban J connectivity index is 1.58. The predicted octanol–water partition coefficient (Wildman–Crippen LogP) is 3.46. The van der Waals surface area contributed by atoms with Crippen LogP contribution in [0, 0.1) is 0 Å². The van der Waals surface area contributed by atoms with Crippen LogP contribution in [-0.2, 0) is 27.3 Å². The van der Waals surface area contributed by atoms with Crippen molar-refractivity contribution in [2.24, 2.45) is 0 Å². The van der Waals surface area contributed by atoms with Crippen LogP contribution in [0.25, 0.3) is 0 Å². The molecule has 0 aromatic heterocycles. The molecule has 3 aromatic carbocycles. The molecule has 0 saturated carbocycles. The molecule has 0 spiro atoms. The molecule has 2 amide bonds. The quantitative estimate of drug-likeness (QED) is 0.436. The van der Waals surface area contributed by atoms with Gasteiger partial charge in [0.25, 0.3) is 0 Å². The van der Waals surface area contributed by atoms with E-state index >= 15 is 0 Å². The van der Waals surface area contributed by atoms with Crippen LogP contribution in [0.1, 0.15) is 22.7 Å². The van der Waals surface area contributed by atoms with E-state index in [0.29, 0.717) is 26.3 Å². The standard InChI is InChI=1S/C30H35N3O4/c1-36-27-14-12-25(13-15-27)23-33(28(34)22-24-8-4-2-5-9-24)29(26-10-6-3-7-11-26)30(35)31-16-17-32-18-20-37-21-19-32/h2-15,29H,16-23H2,1H3,(H,31,35). The summed E-state index contributed by atoms with van der Waals surface area (Å²) in [6.45, 7) is 4.69. The summed E-state index contributed by atoms with van der Waals surface area (Å²) in [5.74, 6) is 0.444. The van der Waals surface area contributed by atoms with Gasteiger partial charge in [0, 0.05) is 32.7 Å². The van der Waals surface area contributed by atoms with Gasteiger partial charge in [0.2, 0.25) is 11.8 Å². The second-order valence-electron chi connectivity index (χ2n) is 9.09. The summed E-state index contributed by atoms with van der Waals surface area (Å²) in [5, 5.41) is 3.10. The van der Waals surface area contributed by atoms with Crippen LogP contribution in [-0.4, -0.2) is 68.1 Å². The van der Waals surface area contributed by atoms with E-state index in [4.69, 9.17) is 9.47 Å². The smallest absolute Gasteiger partial charge is 0.247 e. The third kappa shape index (κ3) is 7.65. The minimum Gasteiger partial charge on any atom is -0.497 e. The van der Waals surface area contributed by atoms with E-state index in [1.165, 1.54) is 0 Å². The van der Waals surface area contributed by atoms with Gasteiger partial charge in [-0.15, -0.1) is 0 Å². The Morgan fingerprint density at radius 2 is 1.57 bits per heavy atom. The van der Waals surface area contributed by atoms with Crippen molar-refractivity contribution in [1.82, 2.24) is 15.1 Å². The summed E-state index contributed by atoms with van der Waals surface area (Å²) < 4.78 is 10.7. The lowest BCUT2D eigenvalue weighted by Gasteiger charge is -2.32. The van der Waals surface area contributed by atoms with E-state index in [9.17, 15) is 9.59 Å². The summed E-state index contributed by atoms with van der Waals surface area (Å²) in [4.78, 5) is 31.4. The fourth-order valence-electron chi connectivity index (χ4n) is 4.49. The number of amides is 2. The van der Waals surface area contributed by atoms with Crippen molar-refractivity contribution in [1.29, 1.82) is 0 Å². The van der Waals surface area contributed by atoms with Crippen LogP contribution < -0.4 is 10.1 Å². The molecule has 7 heteroatoms. The number of ether oxygens (including phenoxy) is 2. The Morgan fingerprint density at radius 1 is 0.919 bits per heavy atom. The van der Waals surface area contributed by atoms with Crippen LogP contribution in [0.4, 0.5) is 0 Å². The molecule has 7 nitrogen and oxygen atoms in total. The summed E-state index contributed by atoms with van der Waals surface area (Å²) in [6.07, 6.45) is 0.210. The van der Waals surface area contributed by atoms with Crippen molar-refractivity contribution in [3.63, 3.8) is 0 Å². The molecule has 0 radical (unpaired) electrons. The van der Waals surface area contributed by atoms with E-state index in [0.717, 1.165) is 42.1 Å². The monoisotopic (exact) mass is 501 g/mol. The SMILES string of the molecule is COc1ccc(CN(C(=O)Cc2ccccc2)C(C(=O)NCCN2CCOCC2)c2ccccc2)cc1. The van der Waals surface area contributed by atoms with Crippen molar-refractivity contribution in [3.05, 3.63) is 102 Å². The molecular weight excluding hydrogens is 466 g/mol. The molecule has 1 fully saturated rings. The number of carbonyl (C=O) groups is 2. The Morgan fingerprint density at radius 3 is 2.22 bits per heavy atom. The molecule has 1 aliphatic rings. The molecule has 1 heterocycles. The number of methoxy groups -OCH3 is 1. The Labute approximate surface area is 219 Å². The average Bonchev–Trinajstić information content (AvgIpc) is 2.95. The van der Waals surface area contributed by atoms with Crippen LogP contribution in [0.3, 0.4) is 0 Å². The summed E-state index contributed by atoms with van der Waals surface area (Å²) in [7, 11) is 1.62. The summed E-state index contributed by atoms with van der Waals surface area (Å²) >= 11 is 0. The van der Waals surface area contributed by atoms with Crippen molar-refractivity contribution in [2.45, 2.75) is 19.0 Å². The highest BCUT2D eigenvalue weighted by Gasteiger charge is 2.31. The Hall–Kier alpha value is -3.68. The maximum Gasteiger partial charge on any atom is 0.247 e. The fraction of sp³-hybridized carbons (Fsp3) is 0.333. The third-order valence-electron chi connectivity index (χ3n) is 6.54. The first-order chi connectivity index (χ1) is 18.1. The zero-order chi connectivity index (χ0) is 25.9. The van der Waals surface area contributed by atoms with Gasteiger partial charge in [0.1, 0.15) is 11.8 Å². The van der Waals surface area contributed by atoms with Crippen molar-refractivity contribution in [2.75, 3.05) is 46.5 Å². The van der Waals surface area contributed by atoms with Crippen molar-refractivity contribution < 1.29 is 19.1 Å². The first-order valence-corrected chi connectivity index (χ1v) is 12.7. The zero-order valence-electron chi connectivity index (χ0n) is 21.3. The van der Waals surface area contributed by atoms with E-state index in [1.807, 2.05) is 84.9 Å². The third-order valence-corrected chi connectivity index (χ3v) is 6.54. The normalized spacial score (nSPS) is 14.5. The van der Waals surface area contributed by atoms with Crippen molar-refractivity contribution in [3.8, 4) is 5.75 Å². The second kappa shape index (κ2) is 13.6. The number of benzene rings is 3. The van der Waals surface area contributed by atoms with Crippen LogP contribution in [0.2, 0.25) is 0 Å². The summed E-state index contributed by atoms with van der Waals surface area (Å²) in [6, 6.07) is 26.0. The number of carbonyl (C=O) groups excluding carboxylic acids is 2. The molecule has 1 saturated heterocycles. The number of nitrogens with zero attached hydrogens (tertiary/aromatic N) is 2. The van der Waals surface area contributed by atoms with Gasteiger partial charge in [0.15, 0.2) is 0 Å². The highest BCUT2D eigenvalue weighted by Crippen LogP contribution is 2.25. The molecule has 0 bridgehead atoms. The first kappa shape index (κ1) is 26.4. The van der Waals surface area contributed by atoms with Gasteiger partial charge in [-0.05, 0) is 28.8 Å². The number of hydrogen-bond acceptors (Lipinski definition) is 5. The minimum atomic E-state index is -0.760. The molecule has 194 valence electrons. The summed E-state index contributed by atoms with van der Waals surface area (Å²) in [5.41, 5.74) is 2.61. The Kier molecular flexibility index (Phi) is 9.68. The fourth-order valence-corrected chi connectivity index (χ4v) is 4.49. The van der Waals surface area contributed by atoms with Crippen LogP contribution >= 0.6 is 0 Å². The Bertz CT molecular complexity index is 1120. The number of nitrogens with one attached hydrogen (secondary N) is 1. The number of hydrogen-bond donors (Lipinski definition) is 1. The van der Waals surface area contributed by atoms with Gasteiger partial charge in [-0.2, -0.15) is 0 Å². The molecule has 1 aliphatic heterocycles. The van der Waals surface area contributed by atoms with Gasteiger partial charge < -0.3 is 19.7 Å². The maximum absolute atomic E-state index is 13.8. The van der Waals surface area contributed by atoms with Crippen LogP contribution in [0.5, 0.6) is 5.75 Å². The molecular formula is C30H35N3O4. The van der Waals surface area contributed by atoms with Gasteiger partial charge in [0.05, 0.1) is 26.7 Å². The van der Waals surface area contributed by atoms with E-state index in [1.54, 1.807) is 12.0 Å². The van der Waals surface area contributed by atoms with E-state index in [-0.39, 0.29) is 18.2 Å². The lowest BCUT2D eigenvalue weighted by Crippen LogP contribution is -2.46. The maximum atomic E-state index is 13.8. The number of rotatable bonds is 11. The lowest BCUT2D eigenvalue weighted by atomic mass is 10.0. The topological polar surface area (TPSA) is 71.1 Å². The highest BCUT2D eigenvalue weighted by atomic mass is 16.5. The molecule has 1 N–H and O–H groups in total. The molecule has 4 rings (SSSR count). The molecule has 37 heavy (non-hydrogen) atoms. The van der Waals surface area contributed by atoms with E-state index in [2.05, 4.69) is 10.2 Å².